The summed E-state index contributed by atoms with van der Waals surface area (Å²) in [5.41, 5.74) is 2.19. The summed E-state index contributed by atoms with van der Waals surface area (Å²) < 4.78 is 0. The topological polar surface area (TPSA) is 70.7 Å². The average molecular weight is 304 g/mol. The molecule has 1 amide bonds. The van der Waals surface area contributed by atoms with E-state index < -0.39 is 0 Å². The molecule has 1 aromatic heterocycles. The molecule has 0 fully saturated rings. The van der Waals surface area contributed by atoms with Crippen molar-refractivity contribution in [3.63, 3.8) is 0 Å². The summed E-state index contributed by atoms with van der Waals surface area (Å²) in [5, 5.41) is 10.5. The number of rotatable bonds is 6. The number of hydrogen-bond donors (Lipinski definition) is 2. The molecule has 0 aliphatic heterocycles. The van der Waals surface area contributed by atoms with Crippen LogP contribution in [0.25, 0.3) is 11.4 Å². The lowest BCUT2D eigenvalue weighted by atomic mass is 10.1. The van der Waals surface area contributed by atoms with Crippen molar-refractivity contribution in [1.82, 2.24) is 20.5 Å². The number of thioether (sulfide) groups is 1. The lowest BCUT2D eigenvalue weighted by molar-refractivity contribution is -0.119. The number of H-pyrrole nitrogens is 1. The van der Waals surface area contributed by atoms with E-state index in [4.69, 9.17) is 0 Å². The molecule has 0 unspecified atom stereocenters. The Morgan fingerprint density at radius 1 is 1.38 bits per heavy atom. The molecule has 112 valence electrons. The fourth-order valence-corrected chi connectivity index (χ4v) is 2.31. The smallest absolute Gasteiger partial charge is 0.230 e. The number of hydrogen-bond acceptors (Lipinski definition) is 4. The Morgan fingerprint density at radius 3 is 2.76 bits per heavy atom. The number of aromatic amines is 1. The number of carbonyl (C=O) groups is 1. The molecular weight excluding hydrogens is 284 g/mol. The van der Waals surface area contributed by atoms with Crippen molar-refractivity contribution in [2.75, 3.05) is 5.75 Å². The molecule has 0 saturated carbocycles. The predicted octanol–water partition coefficient (Wildman–Crippen LogP) is 2.79. The summed E-state index contributed by atoms with van der Waals surface area (Å²) in [6.45, 7) is 6.08. The van der Waals surface area contributed by atoms with Crippen LogP contribution in [0.3, 0.4) is 0 Å². The van der Waals surface area contributed by atoms with Crippen molar-refractivity contribution in [3.8, 4) is 11.4 Å². The van der Waals surface area contributed by atoms with Crippen molar-refractivity contribution < 1.29 is 4.79 Å². The standard InChI is InChI=1S/C15H20N4OS/c1-4-11(3)16-13(20)9-21-15-17-14(18-19-15)12-7-5-10(2)6-8-12/h5-8,11H,4,9H2,1-3H3,(H,16,20)(H,17,18,19)/t11-/m1/s1. The first-order chi connectivity index (χ1) is 10.1. The Balaban J connectivity index is 1.91. The molecule has 1 aromatic carbocycles. The minimum atomic E-state index is 0.0102. The summed E-state index contributed by atoms with van der Waals surface area (Å²) >= 11 is 1.33. The molecule has 0 bridgehead atoms. The number of benzene rings is 1. The van der Waals surface area contributed by atoms with Gasteiger partial charge in [-0.3, -0.25) is 9.89 Å². The molecule has 6 heteroatoms. The Bertz CT molecular complexity index is 594. The number of aryl methyl sites for hydroxylation is 1. The Labute approximate surface area is 128 Å². The minimum Gasteiger partial charge on any atom is -0.353 e. The molecule has 1 atom stereocenters. The second-order valence-electron chi connectivity index (χ2n) is 5.00. The zero-order valence-corrected chi connectivity index (χ0v) is 13.3. The molecule has 0 radical (unpaired) electrons. The van der Waals surface area contributed by atoms with Gasteiger partial charge in [0.15, 0.2) is 5.82 Å². The van der Waals surface area contributed by atoms with Crippen LogP contribution in [0.5, 0.6) is 0 Å². The molecule has 0 saturated heterocycles. The molecule has 2 N–H and O–H groups in total. The maximum absolute atomic E-state index is 11.7. The fourth-order valence-electron chi connectivity index (χ4n) is 1.70. The first-order valence-corrected chi connectivity index (χ1v) is 7.98. The minimum absolute atomic E-state index is 0.0102. The third kappa shape index (κ3) is 4.60. The maximum Gasteiger partial charge on any atom is 0.230 e. The van der Waals surface area contributed by atoms with E-state index in [2.05, 4.69) is 20.5 Å². The van der Waals surface area contributed by atoms with E-state index in [0.717, 1.165) is 17.8 Å². The van der Waals surface area contributed by atoms with Gasteiger partial charge in [-0.1, -0.05) is 48.5 Å². The third-order valence-electron chi connectivity index (χ3n) is 3.14. The maximum atomic E-state index is 11.7. The monoisotopic (exact) mass is 304 g/mol. The zero-order valence-electron chi connectivity index (χ0n) is 12.5. The third-order valence-corrected chi connectivity index (χ3v) is 3.99. The molecule has 0 aliphatic rings. The predicted molar refractivity (Wildman–Crippen MR) is 85.2 cm³/mol. The van der Waals surface area contributed by atoms with Gasteiger partial charge in [0.25, 0.3) is 0 Å². The van der Waals surface area contributed by atoms with Gasteiger partial charge < -0.3 is 5.32 Å². The second-order valence-corrected chi connectivity index (χ2v) is 5.94. The highest BCUT2D eigenvalue weighted by Gasteiger charge is 2.10. The highest BCUT2D eigenvalue weighted by Crippen LogP contribution is 2.19. The van der Waals surface area contributed by atoms with Gasteiger partial charge in [0, 0.05) is 11.6 Å². The molecule has 2 aromatic rings. The quantitative estimate of drug-likeness (QED) is 0.805. The van der Waals surface area contributed by atoms with E-state index in [1.54, 1.807) is 0 Å². The SMILES string of the molecule is CC[C@@H](C)NC(=O)CSc1n[nH]c(-c2ccc(C)cc2)n1. The first kappa shape index (κ1) is 15.6. The Kier molecular flexibility index (Phi) is 5.38. The van der Waals surface area contributed by atoms with Crippen molar-refractivity contribution in [2.24, 2.45) is 0 Å². The zero-order chi connectivity index (χ0) is 15.2. The lowest BCUT2D eigenvalue weighted by Crippen LogP contribution is -2.33. The van der Waals surface area contributed by atoms with Crippen LogP contribution in [-0.4, -0.2) is 32.9 Å². The largest absolute Gasteiger partial charge is 0.353 e. The van der Waals surface area contributed by atoms with E-state index in [1.165, 1.54) is 17.3 Å². The number of amides is 1. The Hall–Kier alpha value is -1.82. The fraction of sp³-hybridized carbons (Fsp3) is 0.400. The van der Waals surface area contributed by atoms with E-state index >= 15 is 0 Å². The van der Waals surface area contributed by atoms with Gasteiger partial charge in [0.2, 0.25) is 11.1 Å². The second kappa shape index (κ2) is 7.26. The molecule has 21 heavy (non-hydrogen) atoms. The van der Waals surface area contributed by atoms with Gasteiger partial charge >= 0.3 is 0 Å². The van der Waals surface area contributed by atoms with Crippen molar-refractivity contribution in [2.45, 2.75) is 38.4 Å². The van der Waals surface area contributed by atoms with Gasteiger partial charge in [-0.25, -0.2) is 4.98 Å². The molecule has 2 rings (SSSR count). The summed E-state index contributed by atoms with van der Waals surface area (Å²) in [4.78, 5) is 16.1. The number of nitrogens with one attached hydrogen (secondary N) is 2. The van der Waals surface area contributed by atoms with Crippen molar-refractivity contribution in [3.05, 3.63) is 29.8 Å². The van der Waals surface area contributed by atoms with Gasteiger partial charge in [-0.05, 0) is 20.3 Å². The van der Waals surface area contributed by atoms with Crippen LogP contribution < -0.4 is 5.32 Å². The lowest BCUT2D eigenvalue weighted by Gasteiger charge is -2.09. The molecule has 0 spiro atoms. The van der Waals surface area contributed by atoms with Crippen LogP contribution in [0, 0.1) is 6.92 Å². The molecular formula is C15H20N4OS. The van der Waals surface area contributed by atoms with Crippen LogP contribution in [0.2, 0.25) is 0 Å². The van der Waals surface area contributed by atoms with E-state index in [-0.39, 0.29) is 11.9 Å². The summed E-state index contributed by atoms with van der Waals surface area (Å²) in [6, 6.07) is 8.27. The van der Waals surface area contributed by atoms with E-state index in [9.17, 15) is 4.79 Å². The molecule has 0 aliphatic carbocycles. The highest BCUT2D eigenvalue weighted by molar-refractivity contribution is 7.99. The van der Waals surface area contributed by atoms with Crippen molar-refractivity contribution in [1.29, 1.82) is 0 Å². The van der Waals surface area contributed by atoms with Gasteiger partial charge in [0.05, 0.1) is 5.75 Å². The van der Waals surface area contributed by atoms with E-state index in [0.29, 0.717) is 10.9 Å². The van der Waals surface area contributed by atoms with Crippen LogP contribution in [0.1, 0.15) is 25.8 Å². The van der Waals surface area contributed by atoms with Crippen molar-refractivity contribution >= 4 is 17.7 Å². The summed E-state index contributed by atoms with van der Waals surface area (Å²) in [6.07, 6.45) is 0.925. The van der Waals surface area contributed by atoms with Gasteiger partial charge in [-0.2, -0.15) is 0 Å². The van der Waals surface area contributed by atoms with Crippen LogP contribution >= 0.6 is 11.8 Å². The first-order valence-electron chi connectivity index (χ1n) is 7.00. The summed E-state index contributed by atoms with van der Waals surface area (Å²) in [5.74, 6) is 1.06. The van der Waals surface area contributed by atoms with Crippen LogP contribution in [-0.2, 0) is 4.79 Å². The highest BCUT2D eigenvalue weighted by atomic mass is 32.2. The average Bonchev–Trinajstić information content (AvgIpc) is 2.94. The van der Waals surface area contributed by atoms with Crippen LogP contribution in [0.4, 0.5) is 0 Å². The molecule has 1 heterocycles. The molecule has 5 nitrogen and oxygen atoms in total. The summed E-state index contributed by atoms with van der Waals surface area (Å²) in [7, 11) is 0. The normalized spacial score (nSPS) is 12.1. The van der Waals surface area contributed by atoms with E-state index in [1.807, 2.05) is 45.0 Å². The number of aromatic nitrogens is 3. The Morgan fingerprint density at radius 2 is 2.10 bits per heavy atom. The van der Waals surface area contributed by atoms with Gasteiger partial charge in [-0.15, -0.1) is 5.10 Å². The van der Waals surface area contributed by atoms with Gasteiger partial charge in [0.1, 0.15) is 0 Å². The number of carbonyl (C=O) groups excluding carboxylic acids is 1. The van der Waals surface area contributed by atoms with Crippen LogP contribution in [0.15, 0.2) is 29.4 Å². The number of nitrogens with zero attached hydrogens (tertiary/aromatic N) is 2.